The van der Waals surface area contributed by atoms with Crippen LogP contribution in [0.3, 0.4) is 0 Å². The Labute approximate surface area is 96.5 Å². The highest BCUT2D eigenvalue weighted by atomic mass is 14.8. The van der Waals surface area contributed by atoms with Crippen LogP contribution in [0.1, 0.15) is 36.5 Å². The van der Waals surface area contributed by atoms with Crippen molar-refractivity contribution in [3.63, 3.8) is 0 Å². The summed E-state index contributed by atoms with van der Waals surface area (Å²) >= 11 is 0. The van der Waals surface area contributed by atoms with E-state index in [0.717, 1.165) is 11.1 Å². The summed E-state index contributed by atoms with van der Waals surface area (Å²) in [5.41, 5.74) is 10.6. The number of nitrogens with zero attached hydrogens (tertiary/aromatic N) is 1. The molecule has 16 heavy (non-hydrogen) atoms. The van der Waals surface area contributed by atoms with Crippen molar-refractivity contribution in [3.05, 3.63) is 34.9 Å². The maximum Gasteiger partial charge on any atom is 0.127 e. The van der Waals surface area contributed by atoms with Gasteiger partial charge < -0.3 is 5.73 Å². The van der Waals surface area contributed by atoms with Gasteiger partial charge in [0.05, 0.1) is 5.52 Å². The van der Waals surface area contributed by atoms with Gasteiger partial charge in [-0.3, -0.25) is 0 Å². The first-order valence-electron chi connectivity index (χ1n) is 5.66. The maximum absolute atomic E-state index is 5.98. The molecule has 84 valence electrons. The summed E-state index contributed by atoms with van der Waals surface area (Å²) < 4.78 is 0. The van der Waals surface area contributed by atoms with Crippen LogP contribution in [0, 0.1) is 13.8 Å². The highest BCUT2D eigenvalue weighted by Gasteiger charge is 2.09. The number of nitrogens with two attached hydrogens (primary N) is 1. The van der Waals surface area contributed by atoms with Gasteiger partial charge in [0.1, 0.15) is 5.82 Å². The zero-order valence-electron chi connectivity index (χ0n) is 10.3. The Morgan fingerprint density at radius 2 is 1.81 bits per heavy atom. The number of aryl methyl sites for hydroxylation is 2. The SMILES string of the molecule is Cc1cc(C)c2cc(C(C)C)c(N)nc2c1. The van der Waals surface area contributed by atoms with Crippen molar-refractivity contribution in [1.29, 1.82) is 0 Å². The minimum Gasteiger partial charge on any atom is -0.383 e. The van der Waals surface area contributed by atoms with Crippen molar-refractivity contribution >= 4 is 16.7 Å². The van der Waals surface area contributed by atoms with E-state index in [0.29, 0.717) is 11.7 Å². The lowest BCUT2D eigenvalue weighted by atomic mass is 9.99. The third kappa shape index (κ3) is 1.75. The van der Waals surface area contributed by atoms with Gasteiger partial charge in [0, 0.05) is 5.39 Å². The van der Waals surface area contributed by atoms with Gasteiger partial charge in [-0.2, -0.15) is 0 Å². The summed E-state index contributed by atoms with van der Waals surface area (Å²) in [5, 5.41) is 1.21. The van der Waals surface area contributed by atoms with Crippen LogP contribution >= 0.6 is 0 Å². The maximum atomic E-state index is 5.98. The quantitative estimate of drug-likeness (QED) is 0.788. The summed E-state index contributed by atoms with van der Waals surface area (Å²) in [6.07, 6.45) is 0. The molecule has 0 saturated carbocycles. The lowest BCUT2D eigenvalue weighted by molar-refractivity contribution is 0.866. The third-order valence-electron chi connectivity index (χ3n) is 2.97. The predicted octanol–water partition coefficient (Wildman–Crippen LogP) is 3.56. The molecule has 0 amide bonds. The van der Waals surface area contributed by atoms with E-state index in [1.807, 2.05) is 0 Å². The van der Waals surface area contributed by atoms with Crippen LogP contribution in [0.15, 0.2) is 18.2 Å². The molecule has 1 aromatic carbocycles. The minimum absolute atomic E-state index is 0.414. The van der Waals surface area contributed by atoms with Crippen molar-refractivity contribution in [1.82, 2.24) is 4.98 Å². The zero-order chi connectivity index (χ0) is 11.9. The fourth-order valence-electron chi connectivity index (χ4n) is 2.12. The second-order valence-electron chi connectivity index (χ2n) is 4.77. The van der Waals surface area contributed by atoms with Gasteiger partial charge >= 0.3 is 0 Å². The first-order valence-corrected chi connectivity index (χ1v) is 5.66. The lowest BCUT2D eigenvalue weighted by Crippen LogP contribution is -2.00. The van der Waals surface area contributed by atoms with E-state index in [1.54, 1.807) is 0 Å². The number of anilines is 1. The normalized spacial score (nSPS) is 11.3. The molecule has 0 aliphatic heterocycles. The molecule has 0 atom stereocenters. The van der Waals surface area contributed by atoms with E-state index in [4.69, 9.17) is 5.73 Å². The Balaban J connectivity index is 2.79. The molecule has 2 N–H and O–H groups in total. The Morgan fingerprint density at radius 3 is 2.44 bits per heavy atom. The molecule has 0 aliphatic rings. The topological polar surface area (TPSA) is 38.9 Å². The van der Waals surface area contributed by atoms with Crippen molar-refractivity contribution < 1.29 is 0 Å². The van der Waals surface area contributed by atoms with E-state index in [9.17, 15) is 0 Å². The summed E-state index contributed by atoms with van der Waals surface area (Å²) in [4.78, 5) is 4.50. The fraction of sp³-hybridized carbons (Fsp3) is 0.357. The summed E-state index contributed by atoms with van der Waals surface area (Å²) in [6.45, 7) is 8.49. The van der Waals surface area contributed by atoms with Crippen molar-refractivity contribution in [2.24, 2.45) is 0 Å². The van der Waals surface area contributed by atoms with E-state index >= 15 is 0 Å². The molecular formula is C14H18N2. The van der Waals surface area contributed by atoms with Gasteiger partial charge in [-0.05, 0) is 48.6 Å². The second kappa shape index (κ2) is 3.78. The van der Waals surface area contributed by atoms with Gasteiger partial charge in [0.25, 0.3) is 0 Å². The minimum atomic E-state index is 0.414. The van der Waals surface area contributed by atoms with Crippen LogP contribution in [0.2, 0.25) is 0 Å². The van der Waals surface area contributed by atoms with E-state index in [1.165, 1.54) is 16.5 Å². The van der Waals surface area contributed by atoms with Gasteiger partial charge in [-0.25, -0.2) is 4.98 Å². The Hall–Kier alpha value is -1.57. The van der Waals surface area contributed by atoms with Crippen LogP contribution < -0.4 is 5.73 Å². The molecule has 0 spiro atoms. The molecule has 0 unspecified atom stereocenters. The molecule has 0 fully saturated rings. The molecule has 1 heterocycles. The number of nitrogen functional groups attached to an aromatic ring is 1. The summed E-state index contributed by atoms with van der Waals surface area (Å²) in [7, 11) is 0. The van der Waals surface area contributed by atoms with Gasteiger partial charge in [0.2, 0.25) is 0 Å². The average molecular weight is 214 g/mol. The molecule has 0 bridgehead atoms. The van der Waals surface area contributed by atoms with Gasteiger partial charge in [0.15, 0.2) is 0 Å². The van der Waals surface area contributed by atoms with Gasteiger partial charge in [-0.15, -0.1) is 0 Å². The van der Waals surface area contributed by atoms with Gasteiger partial charge in [-0.1, -0.05) is 19.9 Å². The number of hydrogen-bond donors (Lipinski definition) is 1. The van der Waals surface area contributed by atoms with E-state index < -0.39 is 0 Å². The summed E-state index contributed by atoms with van der Waals surface area (Å²) in [6, 6.07) is 6.45. The van der Waals surface area contributed by atoms with E-state index in [-0.39, 0.29) is 0 Å². The number of rotatable bonds is 1. The van der Waals surface area contributed by atoms with Crippen LogP contribution in [0.4, 0.5) is 5.82 Å². The first-order chi connectivity index (χ1) is 7.49. The highest BCUT2D eigenvalue weighted by molar-refractivity contribution is 5.85. The second-order valence-corrected chi connectivity index (χ2v) is 4.77. The Kier molecular flexibility index (Phi) is 2.58. The smallest absolute Gasteiger partial charge is 0.127 e. The number of benzene rings is 1. The standard InChI is InChI=1S/C14H18N2/c1-8(2)11-7-12-10(4)5-9(3)6-13(12)16-14(11)15/h5-8H,1-4H3,(H2,15,16). The van der Waals surface area contributed by atoms with Crippen LogP contribution in [-0.2, 0) is 0 Å². The number of fused-ring (bicyclic) bond motifs is 1. The van der Waals surface area contributed by atoms with Crippen LogP contribution in [0.25, 0.3) is 10.9 Å². The number of pyridine rings is 1. The first kappa shape index (κ1) is 10.9. The molecule has 0 radical (unpaired) electrons. The van der Waals surface area contributed by atoms with Crippen LogP contribution in [0.5, 0.6) is 0 Å². The fourth-order valence-corrected chi connectivity index (χ4v) is 2.12. The largest absolute Gasteiger partial charge is 0.383 e. The number of aromatic nitrogens is 1. The molecule has 2 rings (SSSR count). The number of hydrogen-bond acceptors (Lipinski definition) is 2. The van der Waals surface area contributed by atoms with Crippen LogP contribution in [-0.4, -0.2) is 4.98 Å². The molecule has 2 heteroatoms. The van der Waals surface area contributed by atoms with E-state index in [2.05, 4.69) is 50.9 Å². The molecule has 1 aromatic heterocycles. The van der Waals surface area contributed by atoms with Crippen molar-refractivity contribution in [2.75, 3.05) is 5.73 Å². The average Bonchev–Trinajstić information content (AvgIpc) is 2.15. The lowest BCUT2D eigenvalue weighted by Gasteiger charge is -2.12. The highest BCUT2D eigenvalue weighted by Crippen LogP contribution is 2.27. The Bertz CT molecular complexity index is 542. The Morgan fingerprint density at radius 1 is 1.12 bits per heavy atom. The molecule has 0 saturated heterocycles. The van der Waals surface area contributed by atoms with Crippen molar-refractivity contribution in [2.45, 2.75) is 33.6 Å². The molecule has 0 aliphatic carbocycles. The monoisotopic (exact) mass is 214 g/mol. The molecular weight excluding hydrogens is 196 g/mol. The molecule has 2 aromatic rings. The predicted molar refractivity (Wildman–Crippen MR) is 69.7 cm³/mol. The zero-order valence-corrected chi connectivity index (χ0v) is 10.3. The third-order valence-corrected chi connectivity index (χ3v) is 2.97. The van der Waals surface area contributed by atoms with Crippen molar-refractivity contribution in [3.8, 4) is 0 Å². The summed E-state index contributed by atoms with van der Waals surface area (Å²) in [5.74, 6) is 1.07. The molecule has 2 nitrogen and oxygen atoms in total.